The van der Waals surface area contributed by atoms with E-state index in [1.165, 1.54) is 12.1 Å². The Bertz CT molecular complexity index is 828. The van der Waals surface area contributed by atoms with E-state index in [1.807, 2.05) is 16.9 Å². The Balaban J connectivity index is 1.42. The van der Waals surface area contributed by atoms with Crippen LogP contribution < -0.4 is 5.32 Å². The second kappa shape index (κ2) is 8.42. The fourth-order valence-corrected chi connectivity index (χ4v) is 2.56. The van der Waals surface area contributed by atoms with Gasteiger partial charge in [0.15, 0.2) is 11.7 Å². The second-order valence-corrected chi connectivity index (χ2v) is 6.26. The Morgan fingerprint density at radius 1 is 1.35 bits per heavy atom. The molecule has 1 amide bonds. The lowest BCUT2D eigenvalue weighted by Crippen LogP contribution is -2.30. The fourth-order valence-electron chi connectivity index (χ4n) is 2.56. The van der Waals surface area contributed by atoms with Crippen molar-refractivity contribution >= 4 is 5.91 Å². The van der Waals surface area contributed by atoms with E-state index in [-0.39, 0.29) is 17.6 Å². The SMILES string of the molecule is C[C@H](CNC(=O)CCc1ncc(-c2ccc(F)cc2)o1)Cn1cccn1. The van der Waals surface area contributed by atoms with E-state index in [4.69, 9.17) is 4.42 Å². The average Bonchev–Trinajstić information content (AvgIpc) is 3.31. The van der Waals surface area contributed by atoms with E-state index < -0.39 is 0 Å². The van der Waals surface area contributed by atoms with Crippen LogP contribution in [-0.4, -0.2) is 27.2 Å². The summed E-state index contributed by atoms with van der Waals surface area (Å²) >= 11 is 0. The van der Waals surface area contributed by atoms with Gasteiger partial charge in [-0.3, -0.25) is 9.48 Å². The van der Waals surface area contributed by atoms with E-state index in [1.54, 1.807) is 24.5 Å². The zero-order valence-corrected chi connectivity index (χ0v) is 14.6. The number of carbonyl (C=O) groups excluding carboxylic acids is 1. The maximum atomic E-state index is 13.0. The summed E-state index contributed by atoms with van der Waals surface area (Å²) in [6.07, 6.45) is 5.95. The van der Waals surface area contributed by atoms with Gasteiger partial charge in [0.05, 0.1) is 6.20 Å². The summed E-state index contributed by atoms with van der Waals surface area (Å²) in [5.41, 5.74) is 0.752. The Labute approximate surface area is 151 Å². The Hall–Kier alpha value is -2.96. The van der Waals surface area contributed by atoms with Gasteiger partial charge in [-0.15, -0.1) is 0 Å². The molecule has 0 aliphatic rings. The highest BCUT2D eigenvalue weighted by Crippen LogP contribution is 2.21. The van der Waals surface area contributed by atoms with Gasteiger partial charge >= 0.3 is 0 Å². The number of hydrogen-bond acceptors (Lipinski definition) is 4. The summed E-state index contributed by atoms with van der Waals surface area (Å²) in [5.74, 6) is 0.994. The first-order valence-corrected chi connectivity index (χ1v) is 8.55. The molecule has 3 aromatic rings. The molecular formula is C19H21FN4O2. The minimum atomic E-state index is -0.299. The molecule has 0 fully saturated rings. The van der Waals surface area contributed by atoms with Crippen LogP contribution in [0.4, 0.5) is 4.39 Å². The quantitative estimate of drug-likeness (QED) is 0.673. The molecule has 7 heteroatoms. The van der Waals surface area contributed by atoms with E-state index in [0.29, 0.717) is 31.0 Å². The van der Waals surface area contributed by atoms with Crippen LogP contribution in [0.2, 0.25) is 0 Å². The topological polar surface area (TPSA) is 73.0 Å². The number of halogens is 1. The number of nitrogens with zero attached hydrogens (tertiary/aromatic N) is 3. The summed E-state index contributed by atoms with van der Waals surface area (Å²) in [4.78, 5) is 16.2. The molecule has 2 heterocycles. The third-order valence-corrected chi connectivity index (χ3v) is 3.95. The highest BCUT2D eigenvalue weighted by Gasteiger charge is 2.10. The maximum absolute atomic E-state index is 13.0. The number of carbonyl (C=O) groups is 1. The monoisotopic (exact) mass is 356 g/mol. The van der Waals surface area contributed by atoms with Crippen molar-refractivity contribution in [3.63, 3.8) is 0 Å². The van der Waals surface area contributed by atoms with Crippen LogP contribution in [0.3, 0.4) is 0 Å². The standard InChI is InChI=1S/C19H21FN4O2/c1-14(13-24-10-2-9-23-24)11-21-18(25)7-8-19-22-12-17(26-19)15-3-5-16(20)6-4-15/h2-6,9-10,12,14H,7-8,11,13H2,1H3,(H,21,25)/t14-/m1/s1. The zero-order valence-electron chi connectivity index (χ0n) is 14.6. The molecule has 0 aliphatic carbocycles. The number of aryl methyl sites for hydroxylation is 1. The first-order chi connectivity index (χ1) is 12.6. The number of rotatable bonds is 8. The molecule has 2 aromatic heterocycles. The lowest BCUT2D eigenvalue weighted by Gasteiger charge is -2.12. The van der Waals surface area contributed by atoms with Crippen molar-refractivity contribution in [1.29, 1.82) is 0 Å². The van der Waals surface area contributed by atoms with Crippen molar-refractivity contribution in [3.05, 3.63) is 60.6 Å². The van der Waals surface area contributed by atoms with Crippen LogP contribution in [0.5, 0.6) is 0 Å². The molecule has 6 nitrogen and oxygen atoms in total. The summed E-state index contributed by atoms with van der Waals surface area (Å²) in [7, 11) is 0. The first kappa shape index (κ1) is 17.8. The third kappa shape index (κ3) is 5.02. The Kier molecular flexibility index (Phi) is 5.78. The van der Waals surface area contributed by atoms with E-state index in [9.17, 15) is 9.18 Å². The lowest BCUT2D eigenvalue weighted by atomic mass is 10.2. The smallest absolute Gasteiger partial charge is 0.220 e. The molecule has 26 heavy (non-hydrogen) atoms. The number of aromatic nitrogens is 3. The summed E-state index contributed by atoms with van der Waals surface area (Å²) in [5, 5.41) is 7.07. The molecule has 1 atom stereocenters. The fraction of sp³-hybridized carbons (Fsp3) is 0.316. The van der Waals surface area contributed by atoms with Gasteiger partial charge in [0, 0.05) is 43.9 Å². The number of oxazole rings is 1. The predicted octanol–water partition coefficient (Wildman–Crippen LogP) is 3.06. The van der Waals surface area contributed by atoms with E-state index in [0.717, 1.165) is 12.1 Å². The zero-order chi connectivity index (χ0) is 18.4. The van der Waals surface area contributed by atoms with Crippen LogP contribution in [0.15, 0.2) is 53.3 Å². The van der Waals surface area contributed by atoms with Crippen molar-refractivity contribution in [2.75, 3.05) is 6.54 Å². The van der Waals surface area contributed by atoms with Crippen molar-refractivity contribution in [2.45, 2.75) is 26.3 Å². The number of hydrogen-bond donors (Lipinski definition) is 1. The van der Waals surface area contributed by atoms with Gasteiger partial charge < -0.3 is 9.73 Å². The molecule has 0 aliphatic heterocycles. The number of benzene rings is 1. The average molecular weight is 356 g/mol. The van der Waals surface area contributed by atoms with Gasteiger partial charge in [0.2, 0.25) is 5.91 Å². The van der Waals surface area contributed by atoms with Crippen LogP contribution in [0.25, 0.3) is 11.3 Å². The van der Waals surface area contributed by atoms with E-state index >= 15 is 0 Å². The second-order valence-electron chi connectivity index (χ2n) is 6.26. The van der Waals surface area contributed by atoms with Crippen molar-refractivity contribution in [2.24, 2.45) is 5.92 Å². The molecule has 0 bridgehead atoms. The molecule has 0 saturated heterocycles. The number of amides is 1. The van der Waals surface area contributed by atoms with Gasteiger partial charge in [-0.2, -0.15) is 5.10 Å². The molecule has 3 rings (SSSR count). The predicted molar refractivity (Wildman–Crippen MR) is 94.6 cm³/mol. The highest BCUT2D eigenvalue weighted by atomic mass is 19.1. The van der Waals surface area contributed by atoms with Gasteiger partial charge in [-0.05, 0) is 36.2 Å². The van der Waals surface area contributed by atoms with Crippen LogP contribution in [0, 0.1) is 11.7 Å². The highest BCUT2D eigenvalue weighted by molar-refractivity contribution is 5.76. The van der Waals surface area contributed by atoms with Crippen LogP contribution in [0.1, 0.15) is 19.2 Å². The molecule has 0 saturated carbocycles. The maximum Gasteiger partial charge on any atom is 0.220 e. The number of nitrogens with one attached hydrogen (secondary N) is 1. The van der Waals surface area contributed by atoms with Crippen LogP contribution in [-0.2, 0) is 17.8 Å². The van der Waals surface area contributed by atoms with E-state index in [2.05, 4.69) is 22.3 Å². The summed E-state index contributed by atoms with van der Waals surface area (Å²) < 4.78 is 20.4. The molecule has 1 N–H and O–H groups in total. The minimum Gasteiger partial charge on any atom is -0.441 e. The van der Waals surface area contributed by atoms with Crippen molar-refractivity contribution in [1.82, 2.24) is 20.1 Å². The first-order valence-electron chi connectivity index (χ1n) is 8.55. The molecule has 1 aromatic carbocycles. The molecule has 0 radical (unpaired) electrons. The minimum absolute atomic E-state index is 0.0427. The third-order valence-electron chi connectivity index (χ3n) is 3.95. The van der Waals surface area contributed by atoms with Gasteiger partial charge in [0.1, 0.15) is 5.82 Å². The van der Waals surface area contributed by atoms with Gasteiger partial charge in [0.25, 0.3) is 0 Å². The lowest BCUT2D eigenvalue weighted by molar-refractivity contribution is -0.121. The van der Waals surface area contributed by atoms with Crippen molar-refractivity contribution < 1.29 is 13.6 Å². The van der Waals surface area contributed by atoms with Crippen LogP contribution >= 0.6 is 0 Å². The molecule has 136 valence electrons. The summed E-state index contributed by atoms with van der Waals surface area (Å²) in [6.45, 7) is 3.41. The molecule has 0 spiro atoms. The largest absolute Gasteiger partial charge is 0.441 e. The normalized spacial score (nSPS) is 12.1. The van der Waals surface area contributed by atoms with Gasteiger partial charge in [-0.1, -0.05) is 6.92 Å². The van der Waals surface area contributed by atoms with Crippen molar-refractivity contribution in [3.8, 4) is 11.3 Å². The van der Waals surface area contributed by atoms with Gasteiger partial charge in [-0.25, -0.2) is 9.37 Å². The molecular weight excluding hydrogens is 335 g/mol. The summed E-state index contributed by atoms with van der Waals surface area (Å²) in [6, 6.07) is 7.88. The molecule has 0 unspecified atom stereocenters. The Morgan fingerprint density at radius 2 is 2.15 bits per heavy atom. The Morgan fingerprint density at radius 3 is 2.88 bits per heavy atom.